The molecular formula is C26H33ClF2N4O3S2. The Morgan fingerprint density at radius 3 is 2.45 bits per heavy atom. The number of thiazole rings is 1. The smallest absolute Gasteiger partial charge is 0.260 e. The van der Waals surface area contributed by atoms with Crippen molar-refractivity contribution >= 4 is 55.0 Å². The second kappa shape index (κ2) is 12.8. The summed E-state index contributed by atoms with van der Waals surface area (Å²) in [6.07, 6.45) is 1.83. The van der Waals surface area contributed by atoms with Gasteiger partial charge >= 0.3 is 0 Å². The average Bonchev–Trinajstić information content (AvgIpc) is 3.30. The lowest BCUT2D eigenvalue weighted by atomic mass is 10.0. The summed E-state index contributed by atoms with van der Waals surface area (Å²) >= 11 is 1.04. The normalized spacial score (nSPS) is 16.5. The van der Waals surface area contributed by atoms with Crippen molar-refractivity contribution in [2.45, 2.75) is 38.5 Å². The SMILES string of the molecule is CCN(CC)CCN(C(=O)c1ccc(S(=O)(=O)N2CCCC(C)C2)cc1)c1nc2c(F)cc(F)cc2s1.Cl. The standard InChI is InChI=1S/C26H32F2N4O3S2.ClH/c1-4-30(5-2)13-14-32(26-29-24-22(28)15-20(27)16-23(24)36-26)25(33)19-8-10-21(11-9-19)37(34,35)31-12-6-7-18(3)17-31;/h8-11,15-16,18H,4-7,12-14,17H2,1-3H3;1H. The van der Waals surface area contributed by atoms with Gasteiger partial charge in [-0.15, -0.1) is 12.4 Å². The molecular weight excluding hydrogens is 554 g/mol. The highest BCUT2D eigenvalue weighted by Crippen LogP contribution is 2.32. The van der Waals surface area contributed by atoms with Crippen LogP contribution in [-0.4, -0.2) is 67.8 Å². The molecule has 12 heteroatoms. The summed E-state index contributed by atoms with van der Waals surface area (Å²) in [4.78, 5) is 21.7. The van der Waals surface area contributed by atoms with Gasteiger partial charge in [0.1, 0.15) is 11.3 Å². The molecule has 1 saturated heterocycles. The van der Waals surface area contributed by atoms with Crippen LogP contribution in [0.25, 0.3) is 10.2 Å². The number of hydrogen-bond donors (Lipinski definition) is 0. The molecule has 1 unspecified atom stereocenters. The van der Waals surface area contributed by atoms with E-state index >= 15 is 0 Å². The summed E-state index contributed by atoms with van der Waals surface area (Å²) in [5.74, 6) is -1.57. The molecule has 208 valence electrons. The predicted octanol–water partition coefficient (Wildman–Crippen LogP) is 5.41. The van der Waals surface area contributed by atoms with E-state index < -0.39 is 21.7 Å². The predicted molar refractivity (Wildman–Crippen MR) is 150 cm³/mol. The minimum atomic E-state index is -3.65. The Labute approximate surface area is 232 Å². The van der Waals surface area contributed by atoms with E-state index in [1.54, 1.807) is 0 Å². The van der Waals surface area contributed by atoms with Crippen LogP contribution in [0.1, 0.15) is 44.0 Å². The van der Waals surface area contributed by atoms with Crippen molar-refractivity contribution in [1.82, 2.24) is 14.2 Å². The fourth-order valence-corrected chi connectivity index (χ4v) is 7.19. The highest BCUT2D eigenvalue weighted by molar-refractivity contribution is 7.89. The first kappa shape index (κ1) is 30.4. The number of carbonyl (C=O) groups is 1. The van der Waals surface area contributed by atoms with Gasteiger partial charge in [0, 0.05) is 37.8 Å². The number of benzene rings is 2. The number of halogens is 3. The van der Waals surface area contributed by atoms with Gasteiger partial charge in [0.25, 0.3) is 5.91 Å². The molecule has 0 aliphatic carbocycles. The van der Waals surface area contributed by atoms with E-state index in [4.69, 9.17) is 0 Å². The number of anilines is 1. The molecule has 7 nitrogen and oxygen atoms in total. The van der Waals surface area contributed by atoms with Gasteiger partial charge in [0.2, 0.25) is 10.0 Å². The van der Waals surface area contributed by atoms with Gasteiger partial charge in [0.15, 0.2) is 10.9 Å². The van der Waals surface area contributed by atoms with Crippen molar-refractivity contribution in [2.75, 3.05) is 44.2 Å². The van der Waals surface area contributed by atoms with Crippen molar-refractivity contribution in [1.29, 1.82) is 0 Å². The molecule has 4 rings (SSSR count). The molecule has 0 N–H and O–H groups in total. The number of fused-ring (bicyclic) bond motifs is 1. The average molecular weight is 587 g/mol. The number of sulfonamides is 1. The first-order valence-corrected chi connectivity index (χ1v) is 14.8. The summed E-state index contributed by atoms with van der Waals surface area (Å²) in [6.45, 7) is 9.49. The molecule has 0 bridgehead atoms. The highest BCUT2D eigenvalue weighted by Gasteiger charge is 2.29. The van der Waals surface area contributed by atoms with Crippen LogP contribution in [0.15, 0.2) is 41.3 Å². The molecule has 1 fully saturated rings. The Morgan fingerprint density at radius 1 is 1.13 bits per heavy atom. The maximum atomic E-state index is 14.3. The first-order chi connectivity index (χ1) is 17.6. The Hall–Kier alpha value is -2.18. The van der Waals surface area contributed by atoms with E-state index in [-0.39, 0.29) is 46.0 Å². The van der Waals surface area contributed by atoms with Crippen LogP contribution in [0.3, 0.4) is 0 Å². The number of rotatable bonds is 9. The van der Waals surface area contributed by atoms with Crippen LogP contribution >= 0.6 is 23.7 Å². The number of piperidine rings is 1. The Morgan fingerprint density at radius 2 is 1.82 bits per heavy atom. The molecule has 0 saturated carbocycles. The van der Waals surface area contributed by atoms with E-state index in [2.05, 4.69) is 9.88 Å². The number of carbonyl (C=O) groups excluding carboxylic acids is 1. The minimum absolute atomic E-state index is 0. The maximum Gasteiger partial charge on any atom is 0.260 e. The summed E-state index contributed by atoms with van der Waals surface area (Å²) in [7, 11) is -3.65. The lowest BCUT2D eigenvalue weighted by Gasteiger charge is -2.30. The maximum absolute atomic E-state index is 14.3. The Kier molecular flexibility index (Phi) is 10.2. The van der Waals surface area contributed by atoms with Gasteiger partial charge in [-0.2, -0.15) is 4.31 Å². The fourth-order valence-electron chi connectivity index (χ4n) is 4.57. The zero-order chi connectivity index (χ0) is 26.7. The summed E-state index contributed by atoms with van der Waals surface area (Å²) in [5, 5.41) is 0.260. The molecule has 3 aromatic rings. The van der Waals surface area contributed by atoms with Gasteiger partial charge < -0.3 is 4.90 Å². The van der Waals surface area contributed by atoms with E-state index in [0.29, 0.717) is 30.3 Å². The van der Waals surface area contributed by atoms with Crippen LogP contribution in [0.5, 0.6) is 0 Å². The third kappa shape index (κ3) is 6.51. The highest BCUT2D eigenvalue weighted by atomic mass is 35.5. The van der Waals surface area contributed by atoms with E-state index in [9.17, 15) is 22.0 Å². The topological polar surface area (TPSA) is 73.8 Å². The van der Waals surface area contributed by atoms with Crippen molar-refractivity contribution in [3.05, 3.63) is 53.6 Å². The van der Waals surface area contributed by atoms with Gasteiger partial charge in [-0.05, 0) is 62.2 Å². The Bertz CT molecular complexity index is 1360. The molecule has 1 atom stereocenters. The third-order valence-electron chi connectivity index (χ3n) is 6.77. The second-order valence-electron chi connectivity index (χ2n) is 9.35. The van der Waals surface area contributed by atoms with Crippen molar-refractivity contribution < 1.29 is 22.0 Å². The lowest BCUT2D eigenvalue weighted by Crippen LogP contribution is -2.39. The van der Waals surface area contributed by atoms with Crippen LogP contribution in [0.4, 0.5) is 13.9 Å². The Balaban J connectivity index is 0.00000400. The number of amides is 1. The van der Waals surface area contributed by atoms with Crippen LogP contribution in [0.2, 0.25) is 0 Å². The number of aromatic nitrogens is 1. The molecule has 2 aromatic carbocycles. The zero-order valence-corrected chi connectivity index (χ0v) is 24.1. The van der Waals surface area contributed by atoms with Gasteiger partial charge in [-0.3, -0.25) is 9.69 Å². The van der Waals surface area contributed by atoms with Crippen LogP contribution < -0.4 is 4.90 Å². The first-order valence-electron chi connectivity index (χ1n) is 12.5. The van der Waals surface area contributed by atoms with E-state index in [1.165, 1.54) is 39.5 Å². The quantitative estimate of drug-likeness (QED) is 0.335. The number of likely N-dealkylation sites (N-methyl/N-ethyl adjacent to an activating group) is 1. The molecule has 1 aromatic heterocycles. The zero-order valence-electron chi connectivity index (χ0n) is 21.7. The number of hydrogen-bond acceptors (Lipinski definition) is 6. The third-order valence-corrected chi connectivity index (χ3v) is 9.68. The summed E-state index contributed by atoms with van der Waals surface area (Å²) in [6, 6.07) is 7.89. The summed E-state index contributed by atoms with van der Waals surface area (Å²) < 4.78 is 56.2. The minimum Gasteiger partial charge on any atom is -0.302 e. The van der Waals surface area contributed by atoms with Crippen LogP contribution in [0, 0.1) is 17.6 Å². The van der Waals surface area contributed by atoms with Gasteiger partial charge in [-0.25, -0.2) is 22.2 Å². The van der Waals surface area contributed by atoms with Gasteiger partial charge in [0.05, 0.1) is 9.60 Å². The van der Waals surface area contributed by atoms with E-state index in [1.807, 2.05) is 20.8 Å². The van der Waals surface area contributed by atoms with Crippen LogP contribution in [-0.2, 0) is 10.0 Å². The molecule has 1 amide bonds. The largest absolute Gasteiger partial charge is 0.302 e. The van der Waals surface area contributed by atoms with Crippen molar-refractivity contribution in [3.8, 4) is 0 Å². The second-order valence-corrected chi connectivity index (χ2v) is 12.3. The molecule has 38 heavy (non-hydrogen) atoms. The van der Waals surface area contributed by atoms with Gasteiger partial charge in [-0.1, -0.05) is 32.1 Å². The lowest BCUT2D eigenvalue weighted by molar-refractivity contribution is 0.0983. The molecule has 1 aliphatic heterocycles. The van der Waals surface area contributed by atoms with E-state index in [0.717, 1.165) is 43.3 Å². The fraction of sp³-hybridized carbons (Fsp3) is 0.462. The number of nitrogens with zero attached hydrogens (tertiary/aromatic N) is 4. The summed E-state index contributed by atoms with van der Waals surface area (Å²) in [5.41, 5.74) is 0.302. The monoisotopic (exact) mass is 586 g/mol. The van der Waals surface area contributed by atoms with Crippen molar-refractivity contribution in [2.24, 2.45) is 5.92 Å². The van der Waals surface area contributed by atoms with Crippen molar-refractivity contribution in [3.63, 3.8) is 0 Å². The molecule has 1 aliphatic rings. The molecule has 0 spiro atoms. The molecule has 2 heterocycles. The molecule has 0 radical (unpaired) electrons.